The van der Waals surface area contributed by atoms with Crippen LogP contribution in [0.3, 0.4) is 0 Å². The molecular weight excluding hydrogens is 360 g/mol. The molecule has 1 saturated heterocycles. The first kappa shape index (κ1) is 18.9. The highest BCUT2D eigenvalue weighted by Crippen LogP contribution is 2.32. The molecule has 0 radical (unpaired) electrons. The van der Waals surface area contributed by atoms with E-state index in [9.17, 15) is 5.26 Å². The second-order valence-electron chi connectivity index (χ2n) is 6.47. The van der Waals surface area contributed by atoms with Gasteiger partial charge in [-0.2, -0.15) is 10.4 Å². The van der Waals surface area contributed by atoms with E-state index < -0.39 is 0 Å². The van der Waals surface area contributed by atoms with Gasteiger partial charge in [0.15, 0.2) is 0 Å². The Balaban J connectivity index is 0.00000210. The van der Waals surface area contributed by atoms with Crippen LogP contribution in [0.4, 0.5) is 5.82 Å². The summed E-state index contributed by atoms with van der Waals surface area (Å²) in [4.78, 5) is 4.53. The van der Waals surface area contributed by atoms with E-state index in [4.69, 9.17) is 5.73 Å². The minimum Gasteiger partial charge on any atom is -0.383 e. The second kappa shape index (κ2) is 8.21. The number of piperidine rings is 1. The van der Waals surface area contributed by atoms with Gasteiger partial charge in [0.05, 0.1) is 17.6 Å². The number of nitrogen functional groups attached to an aromatic ring is 1. The van der Waals surface area contributed by atoms with Crippen molar-refractivity contribution in [1.82, 2.24) is 20.1 Å². The third-order valence-electron chi connectivity index (χ3n) is 4.81. The highest BCUT2D eigenvalue weighted by molar-refractivity contribution is 5.85. The van der Waals surface area contributed by atoms with Crippen molar-refractivity contribution in [1.29, 1.82) is 5.26 Å². The molecule has 7 heteroatoms. The van der Waals surface area contributed by atoms with Crippen LogP contribution in [-0.4, -0.2) is 27.9 Å². The maximum absolute atomic E-state index is 9.65. The molecule has 1 fully saturated rings. The van der Waals surface area contributed by atoms with E-state index >= 15 is 0 Å². The third-order valence-corrected chi connectivity index (χ3v) is 4.81. The number of anilines is 1. The van der Waals surface area contributed by atoms with Gasteiger partial charge in [0, 0.05) is 23.7 Å². The lowest BCUT2D eigenvalue weighted by Gasteiger charge is -2.23. The van der Waals surface area contributed by atoms with Gasteiger partial charge in [-0.3, -0.25) is 0 Å². The first-order valence-electron chi connectivity index (χ1n) is 8.79. The van der Waals surface area contributed by atoms with Crippen LogP contribution in [-0.2, 0) is 0 Å². The SMILES string of the molecule is Cl.N#Cc1c(-c2ccnn2-c2ccccc2)cc(C2CCCNC2)nc1N. The predicted molar refractivity (Wildman–Crippen MR) is 108 cm³/mol. The maximum atomic E-state index is 9.65. The van der Waals surface area contributed by atoms with Crippen LogP contribution in [0.1, 0.15) is 30.0 Å². The molecule has 3 N–H and O–H groups in total. The summed E-state index contributed by atoms with van der Waals surface area (Å²) in [6.07, 6.45) is 3.92. The Kier molecular flexibility index (Phi) is 5.75. The van der Waals surface area contributed by atoms with E-state index in [-0.39, 0.29) is 18.2 Å². The van der Waals surface area contributed by atoms with Crippen LogP contribution in [0.5, 0.6) is 0 Å². The van der Waals surface area contributed by atoms with Crippen LogP contribution >= 0.6 is 12.4 Å². The molecule has 27 heavy (non-hydrogen) atoms. The minimum atomic E-state index is 0. The Morgan fingerprint density at radius 2 is 2.04 bits per heavy atom. The van der Waals surface area contributed by atoms with Gasteiger partial charge in [-0.1, -0.05) is 18.2 Å². The summed E-state index contributed by atoms with van der Waals surface area (Å²) in [7, 11) is 0. The molecule has 2 aromatic heterocycles. The molecule has 0 saturated carbocycles. The van der Waals surface area contributed by atoms with Crippen molar-refractivity contribution in [3.05, 3.63) is 59.9 Å². The lowest BCUT2D eigenvalue weighted by atomic mass is 9.93. The molecule has 3 aromatic rings. The Hall–Kier alpha value is -2.88. The largest absolute Gasteiger partial charge is 0.383 e. The molecule has 0 aliphatic carbocycles. The summed E-state index contributed by atoms with van der Waals surface area (Å²) < 4.78 is 1.83. The van der Waals surface area contributed by atoms with Crippen LogP contribution < -0.4 is 11.1 Å². The number of rotatable bonds is 3. The van der Waals surface area contributed by atoms with Gasteiger partial charge in [-0.05, 0) is 43.7 Å². The Morgan fingerprint density at radius 3 is 2.74 bits per heavy atom. The maximum Gasteiger partial charge on any atom is 0.142 e. The molecule has 1 aromatic carbocycles. The van der Waals surface area contributed by atoms with E-state index in [2.05, 4.69) is 21.5 Å². The molecule has 1 unspecified atom stereocenters. The summed E-state index contributed by atoms with van der Waals surface area (Å²) >= 11 is 0. The van der Waals surface area contributed by atoms with E-state index in [0.29, 0.717) is 11.5 Å². The zero-order valence-electron chi connectivity index (χ0n) is 14.8. The summed E-state index contributed by atoms with van der Waals surface area (Å²) in [5.74, 6) is 0.594. The van der Waals surface area contributed by atoms with Crippen molar-refractivity contribution in [2.45, 2.75) is 18.8 Å². The number of nitrogens with one attached hydrogen (secondary N) is 1. The summed E-state index contributed by atoms with van der Waals surface area (Å²) in [6.45, 7) is 1.92. The molecule has 1 aliphatic rings. The average molecular weight is 381 g/mol. The number of hydrogen-bond acceptors (Lipinski definition) is 5. The van der Waals surface area contributed by atoms with Gasteiger partial charge in [-0.15, -0.1) is 12.4 Å². The first-order valence-corrected chi connectivity index (χ1v) is 8.79. The van der Waals surface area contributed by atoms with E-state index in [1.165, 1.54) is 0 Å². The van der Waals surface area contributed by atoms with Crippen molar-refractivity contribution in [2.24, 2.45) is 0 Å². The van der Waals surface area contributed by atoms with Crippen LogP contribution in [0.2, 0.25) is 0 Å². The molecule has 0 amide bonds. The average Bonchev–Trinajstić information content (AvgIpc) is 3.18. The van der Waals surface area contributed by atoms with Crippen LogP contribution in [0.15, 0.2) is 48.7 Å². The van der Waals surface area contributed by atoms with Gasteiger partial charge >= 0.3 is 0 Å². The standard InChI is InChI=1S/C20H20N6.ClH/c21-12-17-16(11-18(25-20(17)22)14-5-4-9-23-13-14)19-8-10-24-26(19)15-6-2-1-3-7-15;/h1-3,6-8,10-11,14,23H,4-5,9,13H2,(H2,22,25);1H. The molecule has 1 aliphatic heterocycles. The lowest BCUT2D eigenvalue weighted by molar-refractivity contribution is 0.455. The third kappa shape index (κ3) is 3.65. The first-order chi connectivity index (χ1) is 12.8. The fourth-order valence-electron chi connectivity index (χ4n) is 3.50. The summed E-state index contributed by atoms with van der Waals surface area (Å²) in [5, 5.41) is 17.5. The number of aromatic nitrogens is 3. The predicted octanol–water partition coefficient (Wildman–Crippen LogP) is 3.28. The van der Waals surface area contributed by atoms with E-state index in [0.717, 1.165) is 48.6 Å². The fourth-order valence-corrected chi connectivity index (χ4v) is 3.50. The van der Waals surface area contributed by atoms with E-state index in [1.807, 2.05) is 47.1 Å². The molecular formula is C20H21ClN6. The number of nitriles is 1. The number of halogens is 1. The van der Waals surface area contributed by atoms with Crippen molar-refractivity contribution in [2.75, 3.05) is 18.8 Å². The van der Waals surface area contributed by atoms with E-state index in [1.54, 1.807) is 6.20 Å². The molecule has 6 nitrogen and oxygen atoms in total. The molecule has 138 valence electrons. The number of nitrogens with zero attached hydrogens (tertiary/aromatic N) is 4. The number of para-hydroxylation sites is 1. The minimum absolute atomic E-state index is 0. The summed E-state index contributed by atoms with van der Waals surface area (Å²) in [6, 6.07) is 16.0. The van der Waals surface area contributed by atoms with Gasteiger partial charge in [0.2, 0.25) is 0 Å². The normalized spacial score (nSPS) is 16.3. The van der Waals surface area contributed by atoms with Gasteiger partial charge < -0.3 is 11.1 Å². The van der Waals surface area contributed by atoms with Gasteiger partial charge in [0.1, 0.15) is 17.5 Å². The van der Waals surface area contributed by atoms with Crippen LogP contribution in [0, 0.1) is 11.3 Å². The monoisotopic (exact) mass is 380 g/mol. The highest BCUT2D eigenvalue weighted by atomic mass is 35.5. The number of benzene rings is 1. The van der Waals surface area contributed by atoms with Gasteiger partial charge in [-0.25, -0.2) is 9.67 Å². The second-order valence-corrected chi connectivity index (χ2v) is 6.47. The molecule has 0 bridgehead atoms. The fraction of sp³-hybridized carbons (Fsp3) is 0.250. The smallest absolute Gasteiger partial charge is 0.142 e. The van der Waals surface area contributed by atoms with Gasteiger partial charge in [0.25, 0.3) is 0 Å². The van der Waals surface area contributed by atoms with Crippen molar-refractivity contribution in [3.63, 3.8) is 0 Å². The zero-order chi connectivity index (χ0) is 17.9. The van der Waals surface area contributed by atoms with Crippen molar-refractivity contribution >= 4 is 18.2 Å². The Labute approximate surface area is 164 Å². The number of hydrogen-bond donors (Lipinski definition) is 2. The topological polar surface area (TPSA) is 92.5 Å². The highest BCUT2D eigenvalue weighted by Gasteiger charge is 2.22. The Bertz CT molecular complexity index is 954. The summed E-state index contributed by atoms with van der Waals surface area (Å²) in [5.41, 5.74) is 10.0. The van der Waals surface area contributed by atoms with Crippen molar-refractivity contribution in [3.8, 4) is 23.0 Å². The number of nitrogens with two attached hydrogens (primary N) is 1. The van der Waals surface area contributed by atoms with Crippen LogP contribution in [0.25, 0.3) is 16.9 Å². The Morgan fingerprint density at radius 1 is 1.22 bits per heavy atom. The van der Waals surface area contributed by atoms with Crippen molar-refractivity contribution < 1.29 is 0 Å². The number of pyridine rings is 1. The quantitative estimate of drug-likeness (QED) is 0.727. The molecule has 3 heterocycles. The zero-order valence-corrected chi connectivity index (χ0v) is 15.6. The molecule has 4 rings (SSSR count). The lowest BCUT2D eigenvalue weighted by Crippen LogP contribution is -2.29. The molecule has 0 spiro atoms. The molecule has 1 atom stereocenters.